The van der Waals surface area contributed by atoms with Crippen molar-refractivity contribution in [2.75, 3.05) is 20.8 Å². The Hall–Kier alpha value is -3.28. The number of benzene rings is 2. The van der Waals surface area contributed by atoms with Gasteiger partial charge in [-0.25, -0.2) is 0 Å². The van der Waals surface area contributed by atoms with E-state index in [1.807, 2.05) is 42.5 Å². The Morgan fingerprint density at radius 3 is 2.19 bits per heavy atom. The molecule has 6 heteroatoms. The third kappa shape index (κ3) is 4.49. The maximum atomic E-state index is 12.9. The summed E-state index contributed by atoms with van der Waals surface area (Å²) in [5.74, 6) is -0.0643. The molecule has 0 radical (unpaired) electrons. The van der Waals surface area contributed by atoms with Crippen molar-refractivity contribution in [2.24, 2.45) is 0 Å². The van der Waals surface area contributed by atoms with E-state index in [4.69, 9.17) is 9.47 Å². The molecule has 3 rings (SSSR count). The van der Waals surface area contributed by atoms with E-state index in [-0.39, 0.29) is 16.8 Å². The summed E-state index contributed by atoms with van der Waals surface area (Å²) in [6, 6.07) is 12.9. The molecule has 32 heavy (non-hydrogen) atoms. The van der Waals surface area contributed by atoms with Crippen molar-refractivity contribution in [2.45, 2.75) is 45.6 Å². The van der Waals surface area contributed by atoms with Gasteiger partial charge in [-0.2, -0.15) is 0 Å². The van der Waals surface area contributed by atoms with Crippen molar-refractivity contribution in [3.05, 3.63) is 70.5 Å². The van der Waals surface area contributed by atoms with E-state index in [2.05, 4.69) is 20.8 Å². The molecule has 0 saturated carbocycles. The summed E-state index contributed by atoms with van der Waals surface area (Å²) in [4.78, 5) is 26.8. The normalized spacial score (nSPS) is 16.5. The van der Waals surface area contributed by atoms with Crippen molar-refractivity contribution in [3.63, 3.8) is 0 Å². The molecule has 1 aliphatic rings. The molecule has 1 amide bonds. The van der Waals surface area contributed by atoms with E-state index < -0.39 is 17.7 Å². The molecule has 1 aliphatic heterocycles. The molecular formula is C26H31NO5. The van der Waals surface area contributed by atoms with E-state index >= 15 is 0 Å². The van der Waals surface area contributed by atoms with Gasteiger partial charge in [-0.1, -0.05) is 51.1 Å². The monoisotopic (exact) mass is 437 g/mol. The summed E-state index contributed by atoms with van der Waals surface area (Å²) in [6.45, 7) is 8.10. The number of Topliss-reactive ketones (excluding diaryl/α,β-unsaturated/α-hetero) is 1. The molecule has 6 nitrogen and oxygen atoms in total. The predicted octanol–water partition coefficient (Wildman–Crippen LogP) is 4.53. The quantitative estimate of drug-likeness (QED) is 0.689. The van der Waals surface area contributed by atoms with Crippen LogP contribution in [0.4, 0.5) is 0 Å². The molecule has 1 atom stereocenters. The summed E-state index contributed by atoms with van der Waals surface area (Å²) in [5, 5.41) is 10.5. The van der Waals surface area contributed by atoms with Crippen LogP contribution in [-0.2, 0) is 21.4 Å². The molecule has 0 fully saturated rings. The van der Waals surface area contributed by atoms with Crippen LogP contribution in [0.25, 0.3) is 0 Å². The molecule has 1 N–H and O–H groups in total. The maximum absolute atomic E-state index is 12.9. The van der Waals surface area contributed by atoms with Crippen LogP contribution in [0.15, 0.2) is 53.8 Å². The summed E-state index contributed by atoms with van der Waals surface area (Å²) in [5.41, 5.74) is 3.03. The Kier molecular flexibility index (Phi) is 6.63. The fourth-order valence-electron chi connectivity index (χ4n) is 4.04. The van der Waals surface area contributed by atoms with Crippen LogP contribution >= 0.6 is 0 Å². The lowest BCUT2D eigenvalue weighted by Gasteiger charge is -2.27. The van der Waals surface area contributed by atoms with Gasteiger partial charge in [0.2, 0.25) is 0 Å². The SMILES string of the molecule is COc1ccc(CCN2C(=O)C(O)=C(C(C)=O)C2c2ccc(C(C)(C)C)cc2)cc1OC. The molecular weight excluding hydrogens is 406 g/mol. The minimum absolute atomic E-state index is 0.0154. The first kappa shape index (κ1) is 23.4. The van der Waals surface area contributed by atoms with E-state index in [9.17, 15) is 14.7 Å². The van der Waals surface area contributed by atoms with Crippen molar-refractivity contribution < 1.29 is 24.2 Å². The van der Waals surface area contributed by atoms with E-state index in [1.54, 1.807) is 19.1 Å². The fraction of sp³-hybridized carbons (Fsp3) is 0.385. The highest BCUT2D eigenvalue weighted by Gasteiger charge is 2.42. The number of nitrogens with zero attached hydrogens (tertiary/aromatic N) is 1. The Labute approximate surface area is 189 Å². The van der Waals surface area contributed by atoms with Gasteiger partial charge in [-0.15, -0.1) is 0 Å². The van der Waals surface area contributed by atoms with Crippen molar-refractivity contribution in [3.8, 4) is 11.5 Å². The molecule has 0 aliphatic carbocycles. The Morgan fingerprint density at radius 1 is 1.03 bits per heavy atom. The first-order valence-electron chi connectivity index (χ1n) is 10.6. The van der Waals surface area contributed by atoms with Gasteiger partial charge < -0.3 is 19.5 Å². The number of amides is 1. The number of methoxy groups -OCH3 is 2. The molecule has 1 heterocycles. The highest BCUT2D eigenvalue weighted by Crippen LogP contribution is 2.38. The summed E-state index contributed by atoms with van der Waals surface area (Å²) >= 11 is 0. The molecule has 2 aromatic rings. The predicted molar refractivity (Wildman–Crippen MR) is 123 cm³/mol. The molecule has 0 aromatic heterocycles. The number of ketones is 1. The average molecular weight is 438 g/mol. The molecule has 0 bridgehead atoms. The Morgan fingerprint density at radius 2 is 1.66 bits per heavy atom. The van der Waals surface area contributed by atoms with Crippen LogP contribution in [0, 0.1) is 0 Å². The van der Waals surface area contributed by atoms with Crippen LogP contribution in [0.1, 0.15) is 50.4 Å². The molecule has 0 spiro atoms. The minimum atomic E-state index is -0.617. The van der Waals surface area contributed by atoms with Crippen molar-refractivity contribution in [1.82, 2.24) is 4.90 Å². The van der Waals surface area contributed by atoms with Crippen LogP contribution < -0.4 is 9.47 Å². The van der Waals surface area contributed by atoms with Crippen LogP contribution in [0.3, 0.4) is 0 Å². The first-order valence-corrected chi connectivity index (χ1v) is 10.6. The van der Waals surface area contributed by atoms with Gasteiger partial charge in [0, 0.05) is 6.54 Å². The second-order valence-electron chi connectivity index (χ2n) is 9.03. The number of aliphatic hydroxyl groups is 1. The lowest BCUT2D eigenvalue weighted by Crippen LogP contribution is -2.33. The van der Waals surface area contributed by atoms with Gasteiger partial charge in [0.1, 0.15) is 0 Å². The summed E-state index contributed by atoms with van der Waals surface area (Å²) in [7, 11) is 3.15. The first-order chi connectivity index (χ1) is 15.1. The number of aliphatic hydroxyl groups excluding tert-OH is 1. The van der Waals surface area contributed by atoms with Crippen LogP contribution in [0.5, 0.6) is 11.5 Å². The zero-order valence-corrected chi connectivity index (χ0v) is 19.6. The lowest BCUT2D eigenvalue weighted by molar-refractivity contribution is -0.129. The lowest BCUT2D eigenvalue weighted by atomic mass is 9.85. The number of hydrogen-bond acceptors (Lipinski definition) is 5. The van der Waals surface area contributed by atoms with Crippen LogP contribution in [0.2, 0.25) is 0 Å². The minimum Gasteiger partial charge on any atom is -0.503 e. The summed E-state index contributed by atoms with van der Waals surface area (Å²) in [6.07, 6.45) is 0.529. The summed E-state index contributed by atoms with van der Waals surface area (Å²) < 4.78 is 10.6. The zero-order chi connectivity index (χ0) is 23.6. The maximum Gasteiger partial charge on any atom is 0.290 e. The molecule has 170 valence electrons. The van der Waals surface area contributed by atoms with Gasteiger partial charge in [0.15, 0.2) is 23.0 Å². The molecule has 0 saturated heterocycles. The van der Waals surface area contributed by atoms with Crippen molar-refractivity contribution >= 4 is 11.7 Å². The van der Waals surface area contributed by atoms with Gasteiger partial charge in [-0.05, 0) is 47.6 Å². The number of hydrogen-bond donors (Lipinski definition) is 1. The second-order valence-corrected chi connectivity index (χ2v) is 9.03. The number of carbonyl (C=O) groups is 2. The highest BCUT2D eigenvalue weighted by molar-refractivity contribution is 6.08. The second kappa shape index (κ2) is 9.07. The topological polar surface area (TPSA) is 76.1 Å². The van der Waals surface area contributed by atoms with E-state index in [0.29, 0.717) is 24.5 Å². The van der Waals surface area contributed by atoms with Crippen molar-refractivity contribution in [1.29, 1.82) is 0 Å². The smallest absolute Gasteiger partial charge is 0.290 e. The average Bonchev–Trinajstić information content (AvgIpc) is 3.01. The van der Waals surface area contributed by atoms with E-state index in [1.165, 1.54) is 6.92 Å². The van der Waals surface area contributed by atoms with Gasteiger partial charge >= 0.3 is 0 Å². The number of carbonyl (C=O) groups excluding carboxylic acids is 2. The zero-order valence-electron chi connectivity index (χ0n) is 19.6. The van der Waals surface area contributed by atoms with E-state index in [0.717, 1.165) is 16.7 Å². The standard InChI is InChI=1S/C26H31NO5/c1-16(28)22-23(18-8-10-19(11-9-18)26(2,3)4)27(25(30)24(22)29)14-13-17-7-12-20(31-5)21(15-17)32-6/h7-12,15,23,29H,13-14H2,1-6H3. The van der Waals surface area contributed by atoms with Gasteiger partial charge in [0.05, 0.1) is 25.8 Å². The highest BCUT2D eigenvalue weighted by atomic mass is 16.5. The van der Waals surface area contributed by atoms with Crippen LogP contribution in [-0.4, -0.2) is 42.5 Å². The number of rotatable bonds is 7. The molecule has 1 unspecified atom stereocenters. The largest absolute Gasteiger partial charge is 0.503 e. The number of ether oxygens (including phenoxy) is 2. The van der Waals surface area contributed by atoms with Gasteiger partial charge in [0.25, 0.3) is 5.91 Å². The Bertz CT molecular complexity index is 1050. The fourth-order valence-corrected chi connectivity index (χ4v) is 4.04. The Balaban J connectivity index is 1.92. The third-order valence-electron chi connectivity index (χ3n) is 5.86. The third-order valence-corrected chi connectivity index (χ3v) is 5.86. The molecule has 2 aromatic carbocycles. The van der Waals surface area contributed by atoms with Gasteiger partial charge in [-0.3, -0.25) is 9.59 Å².